The number of nitrogens with one attached hydrogen (secondary N) is 1. The third kappa shape index (κ3) is 2.72. The monoisotopic (exact) mass is 271 g/mol. The number of benzene rings is 2. The smallest absolute Gasteiger partial charge is 0.124 e. The van der Waals surface area contributed by atoms with E-state index in [9.17, 15) is 10.2 Å². The van der Waals surface area contributed by atoms with Crippen LogP contribution in [0.1, 0.15) is 36.6 Å². The average Bonchev–Trinajstić information content (AvgIpc) is 2.41. The molecule has 0 fully saturated rings. The van der Waals surface area contributed by atoms with E-state index in [2.05, 4.69) is 31.3 Å². The van der Waals surface area contributed by atoms with Crippen LogP contribution in [0.5, 0.6) is 11.5 Å². The van der Waals surface area contributed by atoms with Crippen molar-refractivity contribution in [2.45, 2.75) is 33.2 Å². The molecular weight excluding hydrogens is 250 g/mol. The lowest BCUT2D eigenvalue weighted by atomic mass is 10.0. The van der Waals surface area contributed by atoms with Crippen LogP contribution in [0.2, 0.25) is 0 Å². The number of hydrogen-bond donors (Lipinski definition) is 3. The first-order valence-electron chi connectivity index (χ1n) is 6.90. The summed E-state index contributed by atoms with van der Waals surface area (Å²) in [5, 5.41) is 23.3. The van der Waals surface area contributed by atoms with Crippen molar-refractivity contribution in [3.8, 4) is 11.5 Å². The molecule has 106 valence electrons. The standard InChI is InChI=1S/C17H21NO2/c1-4-13-8-5-7-11(2)17(13)18-12(3)16-14(19)9-6-10-15(16)20/h5-10,12,18-20H,4H2,1-3H3. The van der Waals surface area contributed by atoms with Gasteiger partial charge in [0.25, 0.3) is 0 Å². The van der Waals surface area contributed by atoms with Gasteiger partial charge in [-0.1, -0.05) is 31.2 Å². The molecule has 0 saturated carbocycles. The van der Waals surface area contributed by atoms with Gasteiger partial charge in [-0.05, 0) is 43.5 Å². The number of rotatable bonds is 4. The zero-order valence-corrected chi connectivity index (χ0v) is 12.1. The van der Waals surface area contributed by atoms with Gasteiger partial charge >= 0.3 is 0 Å². The van der Waals surface area contributed by atoms with Crippen molar-refractivity contribution in [2.24, 2.45) is 0 Å². The highest BCUT2D eigenvalue weighted by molar-refractivity contribution is 5.60. The Labute approximate surface area is 119 Å². The molecular formula is C17H21NO2. The van der Waals surface area contributed by atoms with Crippen LogP contribution in [-0.4, -0.2) is 10.2 Å². The molecule has 3 N–H and O–H groups in total. The first-order valence-corrected chi connectivity index (χ1v) is 6.90. The van der Waals surface area contributed by atoms with Gasteiger partial charge in [0, 0.05) is 5.69 Å². The molecule has 20 heavy (non-hydrogen) atoms. The van der Waals surface area contributed by atoms with Crippen molar-refractivity contribution >= 4 is 5.69 Å². The van der Waals surface area contributed by atoms with Crippen LogP contribution in [0.25, 0.3) is 0 Å². The molecule has 0 heterocycles. The lowest BCUT2D eigenvalue weighted by Crippen LogP contribution is -2.10. The van der Waals surface area contributed by atoms with Gasteiger partial charge in [-0.15, -0.1) is 0 Å². The van der Waals surface area contributed by atoms with E-state index in [4.69, 9.17) is 0 Å². The van der Waals surface area contributed by atoms with Gasteiger partial charge in [0.1, 0.15) is 11.5 Å². The van der Waals surface area contributed by atoms with Crippen LogP contribution in [0.4, 0.5) is 5.69 Å². The van der Waals surface area contributed by atoms with Crippen LogP contribution in [0.3, 0.4) is 0 Å². The summed E-state index contributed by atoms with van der Waals surface area (Å²) in [6.45, 7) is 6.10. The highest BCUT2D eigenvalue weighted by atomic mass is 16.3. The fourth-order valence-electron chi connectivity index (χ4n) is 2.50. The number of anilines is 1. The minimum absolute atomic E-state index is 0.108. The van der Waals surface area contributed by atoms with E-state index in [1.165, 1.54) is 5.56 Å². The minimum Gasteiger partial charge on any atom is -0.507 e. The number of para-hydroxylation sites is 1. The highest BCUT2D eigenvalue weighted by Gasteiger charge is 2.16. The second kappa shape index (κ2) is 5.87. The molecule has 0 amide bonds. The normalized spacial score (nSPS) is 12.2. The van der Waals surface area contributed by atoms with E-state index in [1.54, 1.807) is 18.2 Å². The number of phenols is 2. The zero-order chi connectivity index (χ0) is 14.7. The maximum absolute atomic E-state index is 9.94. The van der Waals surface area contributed by atoms with Crippen LogP contribution in [0, 0.1) is 6.92 Å². The predicted octanol–water partition coefficient (Wildman–Crippen LogP) is 4.14. The topological polar surface area (TPSA) is 52.5 Å². The molecule has 0 spiro atoms. The van der Waals surface area contributed by atoms with E-state index < -0.39 is 0 Å². The van der Waals surface area contributed by atoms with Crippen molar-refractivity contribution in [3.05, 3.63) is 53.1 Å². The van der Waals surface area contributed by atoms with Gasteiger partial charge in [0.2, 0.25) is 0 Å². The molecule has 0 aliphatic heterocycles. The van der Waals surface area contributed by atoms with E-state index in [0.717, 1.165) is 17.7 Å². The van der Waals surface area contributed by atoms with Crippen molar-refractivity contribution in [1.29, 1.82) is 0 Å². The predicted molar refractivity (Wildman–Crippen MR) is 82.4 cm³/mol. The molecule has 1 unspecified atom stereocenters. The second-order valence-corrected chi connectivity index (χ2v) is 5.04. The SMILES string of the molecule is CCc1cccc(C)c1NC(C)c1c(O)cccc1O. The number of aromatic hydroxyl groups is 2. The molecule has 2 aromatic carbocycles. The van der Waals surface area contributed by atoms with Crippen molar-refractivity contribution in [2.75, 3.05) is 5.32 Å². The molecule has 2 rings (SSSR count). The molecule has 0 aliphatic carbocycles. The summed E-state index contributed by atoms with van der Waals surface area (Å²) in [6, 6.07) is 10.8. The maximum Gasteiger partial charge on any atom is 0.124 e. The van der Waals surface area contributed by atoms with Crippen LogP contribution >= 0.6 is 0 Å². The summed E-state index contributed by atoms with van der Waals surface area (Å²) in [5.74, 6) is 0.216. The minimum atomic E-state index is -0.178. The zero-order valence-electron chi connectivity index (χ0n) is 12.1. The fraction of sp³-hybridized carbons (Fsp3) is 0.294. The summed E-state index contributed by atoms with van der Waals surface area (Å²) in [7, 11) is 0. The first kappa shape index (κ1) is 14.3. The molecule has 0 radical (unpaired) electrons. The maximum atomic E-state index is 9.94. The molecule has 1 atom stereocenters. The van der Waals surface area contributed by atoms with Crippen LogP contribution in [-0.2, 0) is 6.42 Å². The summed E-state index contributed by atoms with van der Waals surface area (Å²) in [4.78, 5) is 0. The van der Waals surface area contributed by atoms with Gasteiger partial charge in [-0.25, -0.2) is 0 Å². The lowest BCUT2D eigenvalue weighted by Gasteiger charge is -2.21. The van der Waals surface area contributed by atoms with Crippen LogP contribution in [0.15, 0.2) is 36.4 Å². The Morgan fingerprint density at radius 1 is 1.05 bits per heavy atom. The molecule has 3 nitrogen and oxygen atoms in total. The Morgan fingerprint density at radius 2 is 1.65 bits per heavy atom. The van der Waals surface area contributed by atoms with E-state index in [-0.39, 0.29) is 17.5 Å². The Balaban J connectivity index is 2.35. The second-order valence-electron chi connectivity index (χ2n) is 5.04. The summed E-state index contributed by atoms with van der Waals surface area (Å²) >= 11 is 0. The van der Waals surface area contributed by atoms with E-state index >= 15 is 0 Å². The van der Waals surface area contributed by atoms with Gasteiger partial charge in [0.05, 0.1) is 11.6 Å². The van der Waals surface area contributed by atoms with Gasteiger partial charge in [-0.2, -0.15) is 0 Å². The number of aryl methyl sites for hydroxylation is 2. The molecule has 3 heteroatoms. The third-order valence-electron chi connectivity index (χ3n) is 3.59. The average molecular weight is 271 g/mol. The van der Waals surface area contributed by atoms with Crippen molar-refractivity contribution in [1.82, 2.24) is 0 Å². The largest absolute Gasteiger partial charge is 0.507 e. The van der Waals surface area contributed by atoms with Gasteiger partial charge in [0.15, 0.2) is 0 Å². The molecule has 0 saturated heterocycles. The Morgan fingerprint density at radius 3 is 2.25 bits per heavy atom. The highest BCUT2D eigenvalue weighted by Crippen LogP contribution is 2.35. The fourth-order valence-corrected chi connectivity index (χ4v) is 2.50. The third-order valence-corrected chi connectivity index (χ3v) is 3.59. The van der Waals surface area contributed by atoms with Crippen LogP contribution < -0.4 is 5.32 Å². The lowest BCUT2D eigenvalue weighted by molar-refractivity contribution is 0.434. The molecule has 2 aromatic rings. The summed E-state index contributed by atoms with van der Waals surface area (Å²) < 4.78 is 0. The van der Waals surface area contributed by atoms with E-state index in [0.29, 0.717) is 5.56 Å². The van der Waals surface area contributed by atoms with Gasteiger partial charge < -0.3 is 15.5 Å². The number of phenolic OH excluding ortho intramolecular Hbond substituents is 2. The van der Waals surface area contributed by atoms with E-state index in [1.807, 2.05) is 13.0 Å². The number of hydrogen-bond acceptors (Lipinski definition) is 3. The first-order chi connectivity index (χ1) is 9.54. The van der Waals surface area contributed by atoms with Crippen molar-refractivity contribution in [3.63, 3.8) is 0 Å². The van der Waals surface area contributed by atoms with Crippen molar-refractivity contribution < 1.29 is 10.2 Å². The Hall–Kier alpha value is -2.16. The Bertz CT molecular complexity index is 588. The quantitative estimate of drug-likeness (QED) is 0.783. The van der Waals surface area contributed by atoms with Gasteiger partial charge in [-0.3, -0.25) is 0 Å². The summed E-state index contributed by atoms with van der Waals surface area (Å²) in [5.41, 5.74) is 3.99. The molecule has 0 bridgehead atoms. The molecule has 0 aromatic heterocycles. The Kier molecular flexibility index (Phi) is 4.18. The summed E-state index contributed by atoms with van der Waals surface area (Å²) in [6.07, 6.45) is 0.934. The molecule has 0 aliphatic rings.